The highest BCUT2D eigenvalue weighted by molar-refractivity contribution is 6.20. The summed E-state index contributed by atoms with van der Waals surface area (Å²) >= 11 is 5.80. The molecule has 3 nitrogen and oxygen atoms in total. The second-order valence-electron chi connectivity index (χ2n) is 3.26. The summed E-state index contributed by atoms with van der Waals surface area (Å²) in [5.41, 5.74) is 5.09. The Kier molecular flexibility index (Phi) is 7.00. The second kappa shape index (κ2) is 7.15. The van der Waals surface area contributed by atoms with Crippen molar-refractivity contribution < 1.29 is 4.79 Å². The molecular weight excluding hydrogens is 188 g/mol. The fourth-order valence-electron chi connectivity index (χ4n) is 1.17. The summed E-state index contributed by atoms with van der Waals surface area (Å²) in [5.74, 6) is -0.263. The normalized spacial score (nSPS) is 13.2. The van der Waals surface area contributed by atoms with Gasteiger partial charge in [0.15, 0.2) is 0 Å². The highest BCUT2D eigenvalue weighted by atomic mass is 35.5. The van der Waals surface area contributed by atoms with Crippen LogP contribution in [0.5, 0.6) is 0 Å². The van der Waals surface area contributed by atoms with E-state index in [1.807, 2.05) is 18.7 Å². The van der Waals surface area contributed by atoms with Crippen LogP contribution in [0, 0.1) is 0 Å². The Balaban J connectivity index is 3.53. The van der Waals surface area contributed by atoms with Crippen molar-refractivity contribution in [2.45, 2.75) is 32.1 Å². The lowest BCUT2D eigenvalue weighted by atomic mass is 10.2. The Morgan fingerprint density at radius 1 is 1.62 bits per heavy atom. The summed E-state index contributed by atoms with van der Waals surface area (Å²) in [6.07, 6.45) is 2.00. The predicted octanol–water partition coefficient (Wildman–Crippen LogP) is 1.20. The van der Waals surface area contributed by atoms with Gasteiger partial charge in [0, 0.05) is 5.38 Å². The number of carbonyl (C=O) groups excluding carboxylic acids is 1. The Labute approximate surface area is 85.2 Å². The number of rotatable bonds is 7. The standard InChI is InChI=1S/C9H19ClN2O/c1-3-12(7-9(11)13)6-4-5-8(2)10/h8H,3-7H2,1-2H3,(H2,11,13). The third kappa shape index (κ3) is 8.06. The lowest BCUT2D eigenvalue weighted by Gasteiger charge is -2.18. The van der Waals surface area contributed by atoms with Gasteiger partial charge < -0.3 is 5.73 Å². The monoisotopic (exact) mass is 206 g/mol. The van der Waals surface area contributed by atoms with E-state index < -0.39 is 0 Å². The van der Waals surface area contributed by atoms with Crippen molar-refractivity contribution in [1.82, 2.24) is 4.90 Å². The van der Waals surface area contributed by atoms with Crippen LogP contribution in [0.1, 0.15) is 26.7 Å². The molecule has 0 rings (SSSR count). The minimum Gasteiger partial charge on any atom is -0.369 e. The van der Waals surface area contributed by atoms with E-state index in [0.29, 0.717) is 6.54 Å². The van der Waals surface area contributed by atoms with Crippen molar-refractivity contribution in [2.24, 2.45) is 5.73 Å². The van der Waals surface area contributed by atoms with Gasteiger partial charge in [0.2, 0.25) is 5.91 Å². The molecule has 0 heterocycles. The number of alkyl halides is 1. The first-order valence-electron chi connectivity index (χ1n) is 4.71. The van der Waals surface area contributed by atoms with Crippen LogP contribution in [0.2, 0.25) is 0 Å². The maximum atomic E-state index is 10.6. The van der Waals surface area contributed by atoms with Crippen LogP contribution >= 0.6 is 11.6 Å². The summed E-state index contributed by atoms with van der Waals surface area (Å²) in [4.78, 5) is 12.6. The van der Waals surface area contributed by atoms with Crippen LogP contribution in [0.3, 0.4) is 0 Å². The van der Waals surface area contributed by atoms with Gasteiger partial charge in [-0.15, -0.1) is 11.6 Å². The number of amides is 1. The van der Waals surface area contributed by atoms with Gasteiger partial charge >= 0.3 is 0 Å². The van der Waals surface area contributed by atoms with Crippen LogP contribution in [-0.2, 0) is 4.79 Å². The van der Waals surface area contributed by atoms with E-state index >= 15 is 0 Å². The fourth-order valence-corrected chi connectivity index (χ4v) is 1.32. The minimum atomic E-state index is -0.263. The Hall–Kier alpha value is -0.280. The zero-order valence-electron chi connectivity index (χ0n) is 8.42. The molecule has 1 amide bonds. The number of nitrogens with two attached hydrogens (primary N) is 1. The summed E-state index contributed by atoms with van der Waals surface area (Å²) in [5, 5.41) is 0.215. The van der Waals surface area contributed by atoms with Gasteiger partial charge in [-0.1, -0.05) is 6.92 Å². The number of carbonyl (C=O) groups is 1. The van der Waals surface area contributed by atoms with Crippen LogP contribution < -0.4 is 5.73 Å². The molecule has 0 aliphatic heterocycles. The number of nitrogens with zero attached hydrogens (tertiary/aromatic N) is 1. The van der Waals surface area contributed by atoms with E-state index in [0.717, 1.165) is 25.9 Å². The third-order valence-electron chi connectivity index (χ3n) is 1.90. The molecule has 0 aliphatic rings. The molecule has 1 unspecified atom stereocenters. The van der Waals surface area contributed by atoms with Crippen molar-refractivity contribution in [3.05, 3.63) is 0 Å². The highest BCUT2D eigenvalue weighted by Gasteiger charge is 2.05. The molecule has 0 saturated heterocycles. The molecule has 0 aromatic heterocycles. The molecule has 78 valence electrons. The van der Waals surface area contributed by atoms with E-state index in [4.69, 9.17) is 17.3 Å². The smallest absolute Gasteiger partial charge is 0.231 e. The summed E-state index contributed by atoms with van der Waals surface area (Å²) in [7, 11) is 0. The molecular formula is C9H19ClN2O. The molecule has 1 atom stereocenters. The van der Waals surface area contributed by atoms with Gasteiger partial charge in [0.25, 0.3) is 0 Å². The van der Waals surface area contributed by atoms with E-state index in [1.54, 1.807) is 0 Å². The molecule has 4 heteroatoms. The molecule has 0 saturated carbocycles. The highest BCUT2D eigenvalue weighted by Crippen LogP contribution is 2.04. The average Bonchev–Trinajstić information content (AvgIpc) is 2.01. The largest absolute Gasteiger partial charge is 0.369 e. The zero-order chi connectivity index (χ0) is 10.3. The average molecular weight is 207 g/mol. The lowest BCUT2D eigenvalue weighted by Crippen LogP contribution is -2.34. The molecule has 0 aromatic carbocycles. The molecule has 0 bridgehead atoms. The van der Waals surface area contributed by atoms with E-state index in [1.165, 1.54) is 0 Å². The minimum absolute atomic E-state index is 0.215. The molecule has 0 fully saturated rings. The van der Waals surface area contributed by atoms with Crippen molar-refractivity contribution in [3.63, 3.8) is 0 Å². The van der Waals surface area contributed by atoms with Gasteiger partial charge in [-0.25, -0.2) is 0 Å². The van der Waals surface area contributed by atoms with Crippen molar-refractivity contribution in [2.75, 3.05) is 19.6 Å². The van der Waals surface area contributed by atoms with Crippen LogP contribution in [0.15, 0.2) is 0 Å². The van der Waals surface area contributed by atoms with Crippen molar-refractivity contribution >= 4 is 17.5 Å². The Morgan fingerprint density at radius 3 is 2.62 bits per heavy atom. The number of hydrogen-bond acceptors (Lipinski definition) is 2. The van der Waals surface area contributed by atoms with Crippen LogP contribution in [0.4, 0.5) is 0 Å². The van der Waals surface area contributed by atoms with Gasteiger partial charge in [0.1, 0.15) is 0 Å². The summed E-state index contributed by atoms with van der Waals surface area (Å²) < 4.78 is 0. The number of likely N-dealkylation sites (N-methyl/N-ethyl adjacent to an activating group) is 1. The summed E-state index contributed by atoms with van der Waals surface area (Å²) in [6.45, 7) is 6.11. The summed E-state index contributed by atoms with van der Waals surface area (Å²) in [6, 6.07) is 0. The molecule has 0 aliphatic carbocycles. The zero-order valence-corrected chi connectivity index (χ0v) is 9.18. The first-order chi connectivity index (χ1) is 6.06. The Morgan fingerprint density at radius 2 is 2.23 bits per heavy atom. The van der Waals surface area contributed by atoms with Gasteiger partial charge in [-0.05, 0) is 32.9 Å². The second-order valence-corrected chi connectivity index (χ2v) is 4.00. The third-order valence-corrected chi connectivity index (χ3v) is 2.12. The van der Waals surface area contributed by atoms with Crippen LogP contribution in [-0.4, -0.2) is 35.8 Å². The quantitative estimate of drug-likeness (QED) is 0.637. The molecule has 13 heavy (non-hydrogen) atoms. The SMILES string of the molecule is CCN(CCCC(C)Cl)CC(N)=O. The van der Waals surface area contributed by atoms with Crippen molar-refractivity contribution in [3.8, 4) is 0 Å². The topological polar surface area (TPSA) is 46.3 Å². The van der Waals surface area contributed by atoms with E-state index in [9.17, 15) is 4.79 Å². The molecule has 2 N–H and O–H groups in total. The number of halogens is 1. The first kappa shape index (κ1) is 12.7. The van der Waals surface area contributed by atoms with Crippen LogP contribution in [0.25, 0.3) is 0 Å². The van der Waals surface area contributed by atoms with Gasteiger partial charge in [-0.3, -0.25) is 9.69 Å². The number of hydrogen-bond donors (Lipinski definition) is 1. The maximum Gasteiger partial charge on any atom is 0.231 e. The Bertz CT molecular complexity index is 151. The number of primary amides is 1. The fraction of sp³-hybridized carbons (Fsp3) is 0.889. The predicted molar refractivity (Wildman–Crippen MR) is 55.9 cm³/mol. The maximum absolute atomic E-state index is 10.6. The van der Waals surface area contributed by atoms with Gasteiger partial charge in [-0.2, -0.15) is 0 Å². The van der Waals surface area contributed by atoms with E-state index in [2.05, 4.69) is 0 Å². The van der Waals surface area contributed by atoms with E-state index in [-0.39, 0.29) is 11.3 Å². The molecule has 0 radical (unpaired) electrons. The van der Waals surface area contributed by atoms with Gasteiger partial charge in [0.05, 0.1) is 6.54 Å². The molecule has 0 spiro atoms. The first-order valence-corrected chi connectivity index (χ1v) is 5.14. The van der Waals surface area contributed by atoms with Crippen molar-refractivity contribution in [1.29, 1.82) is 0 Å². The lowest BCUT2D eigenvalue weighted by molar-refractivity contribution is -0.119. The molecule has 0 aromatic rings.